The second-order valence-corrected chi connectivity index (χ2v) is 7.05. The van der Waals surface area contributed by atoms with Crippen LogP contribution < -0.4 is 16.1 Å². The summed E-state index contributed by atoms with van der Waals surface area (Å²) in [7, 11) is 0. The van der Waals surface area contributed by atoms with Gasteiger partial charge in [-0.3, -0.25) is 15.0 Å². The van der Waals surface area contributed by atoms with Gasteiger partial charge in [0, 0.05) is 5.69 Å². The van der Waals surface area contributed by atoms with Gasteiger partial charge in [-0.15, -0.1) is 0 Å². The lowest BCUT2D eigenvalue weighted by Crippen LogP contribution is -2.51. The maximum atomic E-state index is 12.6. The monoisotopic (exact) mass is 384 g/mol. The van der Waals surface area contributed by atoms with E-state index in [-0.39, 0.29) is 12.5 Å². The number of amides is 4. The van der Waals surface area contributed by atoms with Crippen molar-refractivity contribution in [1.29, 1.82) is 0 Å². The zero-order valence-electron chi connectivity index (χ0n) is 13.4. The molecule has 4 amide bonds. The minimum atomic E-state index is -0.861. The van der Waals surface area contributed by atoms with Crippen LogP contribution in [-0.2, 0) is 9.59 Å². The van der Waals surface area contributed by atoms with Gasteiger partial charge >= 0.3 is 6.03 Å². The molecule has 1 aromatic rings. The number of urea groups is 1. The maximum absolute atomic E-state index is 12.6. The molecule has 1 saturated carbocycles. The van der Waals surface area contributed by atoms with Crippen molar-refractivity contribution in [2.24, 2.45) is 0 Å². The first kappa shape index (κ1) is 17.8. The van der Waals surface area contributed by atoms with Gasteiger partial charge in [0.25, 0.3) is 11.8 Å². The molecule has 3 rings (SSSR count). The first-order chi connectivity index (χ1) is 11.9. The van der Waals surface area contributed by atoms with Crippen molar-refractivity contribution in [3.63, 3.8) is 0 Å². The van der Waals surface area contributed by atoms with Crippen molar-refractivity contribution < 1.29 is 14.4 Å². The van der Waals surface area contributed by atoms with Crippen LogP contribution in [0.4, 0.5) is 10.5 Å². The second kappa shape index (κ2) is 7.09. The average molecular weight is 385 g/mol. The van der Waals surface area contributed by atoms with E-state index >= 15 is 0 Å². The van der Waals surface area contributed by atoms with E-state index in [0.29, 0.717) is 28.6 Å². The lowest BCUT2D eigenvalue weighted by atomic mass is 9.82. The maximum Gasteiger partial charge on any atom is 0.344 e. The van der Waals surface area contributed by atoms with Crippen LogP contribution in [0.5, 0.6) is 0 Å². The summed E-state index contributed by atoms with van der Waals surface area (Å²) in [5.41, 5.74) is 2.10. The first-order valence-corrected chi connectivity index (χ1v) is 8.82. The molecular weight excluding hydrogens is 367 g/mol. The SMILES string of the molecule is O=C(CNc1ccc(Cl)c(Cl)c1)NN1C(=O)NC2(CCCCC2)C1=O. The number of imide groups is 1. The number of rotatable bonds is 4. The molecule has 0 aromatic heterocycles. The summed E-state index contributed by atoms with van der Waals surface area (Å²) >= 11 is 11.7. The highest BCUT2D eigenvalue weighted by Crippen LogP contribution is 2.33. The number of nitrogens with zero attached hydrogens (tertiary/aromatic N) is 1. The van der Waals surface area contributed by atoms with Gasteiger partial charge in [0.15, 0.2) is 0 Å². The summed E-state index contributed by atoms with van der Waals surface area (Å²) in [6.45, 7) is -0.123. The van der Waals surface area contributed by atoms with Crippen molar-refractivity contribution >= 4 is 46.7 Å². The van der Waals surface area contributed by atoms with Crippen LogP contribution in [0.2, 0.25) is 10.0 Å². The molecule has 2 aliphatic rings. The highest BCUT2D eigenvalue weighted by Gasteiger charge is 2.52. The fourth-order valence-electron chi connectivity index (χ4n) is 3.17. The molecule has 25 heavy (non-hydrogen) atoms. The summed E-state index contributed by atoms with van der Waals surface area (Å²) in [6, 6.07) is 4.28. The van der Waals surface area contributed by atoms with E-state index < -0.39 is 17.5 Å². The van der Waals surface area contributed by atoms with Crippen LogP contribution >= 0.6 is 23.2 Å². The normalized spacial score (nSPS) is 19.0. The highest BCUT2D eigenvalue weighted by atomic mass is 35.5. The molecular formula is C16H18Cl2N4O3. The van der Waals surface area contributed by atoms with E-state index in [0.717, 1.165) is 24.3 Å². The molecule has 3 N–H and O–H groups in total. The number of benzene rings is 1. The molecule has 0 unspecified atom stereocenters. The lowest BCUT2D eigenvalue weighted by molar-refractivity contribution is -0.139. The van der Waals surface area contributed by atoms with Crippen LogP contribution in [0.1, 0.15) is 32.1 Å². The Labute approximate surface area is 155 Å². The zero-order chi connectivity index (χ0) is 18.0. The zero-order valence-corrected chi connectivity index (χ0v) is 14.9. The van der Waals surface area contributed by atoms with Gasteiger partial charge in [-0.25, -0.2) is 4.79 Å². The molecule has 9 heteroatoms. The molecule has 2 fully saturated rings. The Morgan fingerprint density at radius 3 is 2.56 bits per heavy atom. The third-order valence-electron chi connectivity index (χ3n) is 4.48. The number of hydrazine groups is 1. The fraction of sp³-hybridized carbons (Fsp3) is 0.438. The van der Waals surface area contributed by atoms with Crippen molar-refractivity contribution in [3.05, 3.63) is 28.2 Å². The third kappa shape index (κ3) is 3.67. The van der Waals surface area contributed by atoms with Gasteiger partial charge in [-0.1, -0.05) is 42.5 Å². The van der Waals surface area contributed by atoms with Gasteiger partial charge in [0.1, 0.15) is 5.54 Å². The predicted octanol–water partition coefficient (Wildman–Crippen LogP) is 2.69. The molecule has 7 nitrogen and oxygen atoms in total. The molecule has 1 aliphatic carbocycles. The van der Waals surface area contributed by atoms with E-state index in [9.17, 15) is 14.4 Å². The quantitative estimate of drug-likeness (QED) is 0.696. The smallest absolute Gasteiger partial charge is 0.344 e. The first-order valence-electron chi connectivity index (χ1n) is 8.06. The Bertz CT molecular complexity index is 719. The van der Waals surface area contributed by atoms with E-state index in [4.69, 9.17) is 23.2 Å². The molecule has 134 valence electrons. The van der Waals surface area contributed by atoms with Crippen LogP contribution in [0.15, 0.2) is 18.2 Å². The van der Waals surface area contributed by atoms with Crippen molar-refractivity contribution in [1.82, 2.24) is 15.8 Å². The Balaban J connectivity index is 1.58. The standard InChI is InChI=1S/C16H18Cl2N4O3/c17-11-5-4-10(8-12(11)18)19-9-13(23)21-22-14(24)16(20-15(22)25)6-2-1-3-7-16/h4-5,8,19H,1-3,6-7,9H2,(H,20,25)(H,21,23). The van der Waals surface area contributed by atoms with E-state index in [1.807, 2.05) is 0 Å². The Morgan fingerprint density at radius 2 is 1.88 bits per heavy atom. The third-order valence-corrected chi connectivity index (χ3v) is 5.22. The molecule has 0 radical (unpaired) electrons. The fourth-order valence-corrected chi connectivity index (χ4v) is 3.47. The number of anilines is 1. The summed E-state index contributed by atoms with van der Waals surface area (Å²) < 4.78 is 0. The number of halogens is 2. The van der Waals surface area contributed by atoms with Gasteiger partial charge in [-0.05, 0) is 31.0 Å². The highest BCUT2D eigenvalue weighted by molar-refractivity contribution is 6.42. The lowest BCUT2D eigenvalue weighted by Gasteiger charge is -2.30. The van der Waals surface area contributed by atoms with E-state index in [1.54, 1.807) is 18.2 Å². The topological polar surface area (TPSA) is 90.5 Å². The molecule has 1 aliphatic heterocycles. The number of carbonyl (C=O) groups is 3. The van der Waals surface area contributed by atoms with E-state index in [2.05, 4.69) is 16.1 Å². The molecule has 0 bridgehead atoms. The van der Waals surface area contributed by atoms with Gasteiger partial charge in [-0.2, -0.15) is 5.01 Å². The van der Waals surface area contributed by atoms with Crippen molar-refractivity contribution in [2.75, 3.05) is 11.9 Å². The minimum Gasteiger partial charge on any atom is -0.376 e. The number of carbonyl (C=O) groups excluding carboxylic acids is 3. The van der Waals surface area contributed by atoms with Crippen LogP contribution in [0, 0.1) is 0 Å². The van der Waals surface area contributed by atoms with Gasteiger partial charge in [0.05, 0.1) is 16.6 Å². The molecule has 0 atom stereocenters. The Kier molecular flexibility index (Phi) is 5.06. The van der Waals surface area contributed by atoms with Crippen LogP contribution in [0.25, 0.3) is 0 Å². The molecule has 1 spiro atoms. The summed E-state index contributed by atoms with van der Waals surface area (Å²) in [6.07, 6.45) is 4.02. The summed E-state index contributed by atoms with van der Waals surface area (Å²) in [5.74, 6) is -0.900. The van der Waals surface area contributed by atoms with Crippen molar-refractivity contribution in [2.45, 2.75) is 37.6 Å². The number of hydrogen-bond acceptors (Lipinski definition) is 4. The Morgan fingerprint density at radius 1 is 1.16 bits per heavy atom. The number of nitrogens with one attached hydrogen (secondary N) is 3. The largest absolute Gasteiger partial charge is 0.376 e. The number of hydrogen-bond donors (Lipinski definition) is 3. The van der Waals surface area contributed by atoms with Gasteiger partial charge in [0.2, 0.25) is 0 Å². The van der Waals surface area contributed by atoms with Crippen LogP contribution in [-0.4, -0.2) is 34.9 Å². The molecule has 1 aromatic carbocycles. The summed E-state index contributed by atoms with van der Waals surface area (Å²) in [4.78, 5) is 36.7. The van der Waals surface area contributed by atoms with Crippen LogP contribution in [0.3, 0.4) is 0 Å². The second-order valence-electron chi connectivity index (χ2n) is 6.23. The summed E-state index contributed by atoms with van der Waals surface area (Å²) in [5, 5.41) is 7.15. The van der Waals surface area contributed by atoms with Crippen molar-refractivity contribution in [3.8, 4) is 0 Å². The average Bonchev–Trinajstić information content (AvgIpc) is 2.81. The Hall–Kier alpha value is -1.99. The van der Waals surface area contributed by atoms with E-state index in [1.165, 1.54) is 0 Å². The predicted molar refractivity (Wildman–Crippen MR) is 94.3 cm³/mol. The molecule has 1 saturated heterocycles. The molecule has 1 heterocycles. The van der Waals surface area contributed by atoms with Gasteiger partial charge < -0.3 is 10.6 Å². The minimum absolute atomic E-state index is 0.123.